The highest BCUT2D eigenvalue weighted by Gasteiger charge is 2.36. The molecule has 178 valence electrons. The fourth-order valence-electron chi connectivity index (χ4n) is 5.31. The Morgan fingerprint density at radius 1 is 1.15 bits per heavy atom. The molecule has 1 aliphatic carbocycles. The predicted molar refractivity (Wildman–Crippen MR) is 130 cm³/mol. The van der Waals surface area contributed by atoms with Gasteiger partial charge in [-0.05, 0) is 55.0 Å². The van der Waals surface area contributed by atoms with E-state index in [-0.39, 0.29) is 30.2 Å². The second-order valence-corrected chi connectivity index (χ2v) is 9.20. The molecule has 2 atom stereocenters. The van der Waals surface area contributed by atoms with Crippen LogP contribution in [-0.4, -0.2) is 49.0 Å². The largest absolute Gasteiger partial charge is 0.493 e. The summed E-state index contributed by atoms with van der Waals surface area (Å²) in [5, 5.41) is 4.49. The van der Waals surface area contributed by atoms with Gasteiger partial charge in [0.2, 0.25) is 11.8 Å². The molecule has 2 aliphatic rings. The van der Waals surface area contributed by atoms with Gasteiger partial charge in [0.1, 0.15) is 0 Å². The van der Waals surface area contributed by atoms with Gasteiger partial charge < -0.3 is 24.7 Å². The zero-order valence-corrected chi connectivity index (χ0v) is 19.7. The van der Waals surface area contributed by atoms with Gasteiger partial charge in [-0.2, -0.15) is 0 Å². The normalized spacial score (nSPS) is 19.8. The molecule has 1 fully saturated rings. The number of methoxy groups -OCH3 is 2. The van der Waals surface area contributed by atoms with Crippen molar-refractivity contribution in [3.05, 3.63) is 59.3 Å². The van der Waals surface area contributed by atoms with E-state index in [0.29, 0.717) is 31.0 Å². The van der Waals surface area contributed by atoms with Crippen LogP contribution in [0.4, 0.5) is 0 Å². The fourth-order valence-corrected chi connectivity index (χ4v) is 5.31. The number of likely N-dealkylation sites (tertiary alicyclic amines) is 1. The van der Waals surface area contributed by atoms with E-state index >= 15 is 0 Å². The van der Waals surface area contributed by atoms with Crippen molar-refractivity contribution < 1.29 is 19.1 Å². The second-order valence-electron chi connectivity index (χ2n) is 9.20. The van der Waals surface area contributed by atoms with Crippen molar-refractivity contribution in [2.45, 2.75) is 38.1 Å². The van der Waals surface area contributed by atoms with Gasteiger partial charge in [-0.25, -0.2) is 0 Å². The number of rotatable bonds is 7. The third kappa shape index (κ3) is 4.22. The summed E-state index contributed by atoms with van der Waals surface area (Å²) in [6.07, 6.45) is 3.94. The monoisotopic (exact) mass is 461 g/mol. The van der Waals surface area contributed by atoms with Crippen molar-refractivity contribution in [1.29, 1.82) is 0 Å². The van der Waals surface area contributed by atoms with Gasteiger partial charge in [-0.1, -0.05) is 24.3 Å². The number of carbonyl (C=O) groups excluding carboxylic acids is 2. The number of benzene rings is 2. The molecule has 0 spiro atoms. The second kappa shape index (κ2) is 9.41. The van der Waals surface area contributed by atoms with E-state index in [2.05, 4.69) is 28.5 Å². The predicted octanol–water partition coefficient (Wildman–Crippen LogP) is 3.77. The molecular formula is C27H31N3O4. The number of para-hydroxylation sites is 1. The highest BCUT2D eigenvalue weighted by atomic mass is 16.5. The highest BCUT2D eigenvalue weighted by Crippen LogP contribution is 2.35. The first-order valence-electron chi connectivity index (χ1n) is 12.0. The van der Waals surface area contributed by atoms with Crippen LogP contribution in [0.2, 0.25) is 0 Å². The minimum atomic E-state index is -0.312. The van der Waals surface area contributed by atoms with Crippen LogP contribution in [0.5, 0.6) is 11.5 Å². The zero-order valence-electron chi connectivity index (χ0n) is 19.7. The number of nitrogens with zero attached hydrogens (tertiary/aromatic N) is 1. The van der Waals surface area contributed by atoms with Crippen LogP contribution in [0.3, 0.4) is 0 Å². The van der Waals surface area contributed by atoms with Crippen molar-refractivity contribution in [2.24, 2.45) is 5.92 Å². The fraction of sp³-hybridized carbons (Fsp3) is 0.407. The molecule has 0 saturated carbocycles. The highest BCUT2D eigenvalue weighted by molar-refractivity contribution is 5.90. The maximum absolute atomic E-state index is 13.1. The molecule has 1 saturated heterocycles. The smallest absolute Gasteiger partial charge is 0.225 e. The van der Waals surface area contributed by atoms with Crippen LogP contribution in [0.25, 0.3) is 10.9 Å². The van der Waals surface area contributed by atoms with Gasteiger partial charge in [-0.3, -0.25) is 9.59 Å². The van der Waals surface area contributed by atoms with Crippen molar-refractivity contribution in [3.8, 4) is 11.5 Å². The summed E-state index contributed by atoms with van der Waals surface area (Å²) < 4.78 is 10.7. The number of fused-ring (bicyclic) bond motifs is 3. The van der Waals surface area contributed by atoms with Gasteiger partial charge in [0.25, 0.3) is 0 Å². The molecule has 0 radical (unpaired) electrons. The molecule has 1 aromatic heterocycles. The SMILES string of the molecule is COc1ccc(CCN2C[C@@H](C(=O)N[C@H]3CCCc4c3[nH]c3ccccc43)CC2=O)cc1OC. The van der Waals surface area contributed by atoms with E-state index in [9.17, 15) is 9.59 Å². The summed E-state index contributed by atoms with van der Waals surface area (Å²) in [6.45, 7) is 1.04. The molecule has 34 heavy (non-hydrogen) atoms. The van der Waals surface area contributed by atoms with E-state index in [0.717, 1.165) is 36.0 Å². The van der Waals surface area contributed by atoms with E-state index in [4.69, 9.17) is 9.47 Å². The first kappa shape index (κ1) is 22.3. The van der Waals surface area contributed by atoms with Crippen LogP contribution < -0.4 is 14.8 Å². The standard InChI is InChI=1S/C27H31N3O4/c1-33-23-11-10-17(14-24(23)34-2)12-13-30-16-18(15-25(30)31)27(32)29-22-9-5-7-20-19-6-3-4-8-21(19)28-26(20)22/h3-4,6,8,10-11,14,18,22,28H,5,7,9,12-13,15-16H2,1-2H3,(H,29,32)/t18-,22-/m0/s1. The molecule has 2 amide bonds. The van der Waals surface area contributed by atoms with E-state index in [1.165, 1.54) is 10.9 Å². The van der Waals surface area contributed by atoms with Crippen LogP contribution in [0.15, 0.2) is 42.5 Å². The number of hydrogen-bond donors (Lipinski definition) is 2. The van der Waals surface area contributed by atoms with Crippen LogP contribution in [0, 0.1) is 5.92 Å². The molecule has 2 N–H and O–H groups in total. The Morgan fingerprint density at radius 2 is 1.97 bits per heavy atom. The maximum atomic E-state index is 13.1. The van der Waals surface area contributed by atoms with E-state index in [1.54, 1.807) is 19.1 Å². The lowest BCUT2D eigenvalue weighted by atomic mass is 9.91. The molecule has 7 nitrogen and oxygen atoms in total. The Labute approximate surface area is 199 Å². The summed E-state index contributed by atoms with van der Waals surface area (Å²) in [5.41, 5.74) is 4.61. The average molecular weight is 462 g/mol. The van der Waals surface area contributed by atoms with Crippen LogP contribution in [-0.2, 0) is 22.4 Å². The average Bonchev–Trinajstić information content (AvgIpc) is 3.43. The van der Waals surface area contributed by atoms with Gasteiger partial charge in [0.15, 0.2) is 11.5 Å². The quantitative estimate of drug-likeness (QED) is 0.561. The first-order chi connectivity index (χ1) is 16.6. The van der Waals surface area contributed by atoms with Crippen LogP contribution >= 0.6 is 0 Å². The lowest BCUT2D eigenvalue weighted by molar-refractivity contribution is -0.129. The molecule has 7 heteroatoms. The summed E-state index contributed by atoms with van der Waals surface area (Å²) in [6, 6.07) is 14.1. The third-order valence-corrected chi connectivity index (χ3v) is 7.13. The third-order valence-electron chi connectivity index (χ3n) is 7.13. The number of ether oxygens (including phenoxy) is 2. The molecule has 2 heterocycles. The zero-order chi connectivity index (χ0) is 23.7. The number of hydrogen-bond acceptors (Lipinski definition) is 4. The maximum Gasteiger partial charge on any atom is 0.225 e. The van der Waals surface area contributed by atoms with Crippen molar-refractivity contribution in [3.63, 3.8) is 0 Å². The molecule has 0 bridgehead atoms. The number of aryl methyl sites for hydroxylation is 1. The minimum absolute atomic E-state index is 0.0282. The topological polar surface area (TPSA) is 83.7 Å². The summed E-state index contributed by atoms with van der Waals surface area (Å²) in [4.78, 5) is 31.1. The Hall–Kier alpha value is -3.48. The molecule has 3 aromatic rings. The first-order valence-corrected chi connectivity index (χ1v) is 12.0. The van der Waals surface area contributed by atoms with Crippen molar-refractivity contribution in [1.82, 2.24) is 15.2 Å². The van der Waals surface area contributed by atoms with Crippen LogP contribution in [0.1, 0.15) is 42.1 Å². The number of nitrogens with one attached hydrogen (secondary N) is 2. The Bertz CT molecular complexity index is 1220. The lowest BCUT2D eigenvalue weighted by Crippen LogP contribution is -2.37. The Balaban J connectivity index is 1.21. The van der Waals surface area contributed by atoms with Gasteiger partial charge in [0.05, 0.1) is 26.2 Å². The number of carbonyl (C=O) groups is 2. The van der Waals surface area contributed by atoms with Gasteiger partial charge in [-0.15, -0.1) is 0 Å². The van der Waals surface area contributed by atoms with Gasteiger partial charge >= 0.3 is 0 Å². The summed E-state index contributed by atoms with van der Waals surface area (Å²) >= 11 is 0. The lowest BCUT2D eigenvalue weighted by Gasteiger charge is -2.25. The van der Waals surface area contributed by atoms with Gasteiger partial charge in [0, 0.05) is 36.1 Å². The minimum Gasteiger partial charge on any atom is -0.493 e. The van der Waals surface area contributed by atoms with E-state index in [1.807, 2.05) is 24.3 Å². The molecule has 2 aromatic carbocycles. The molecule has 5 rings (SSSR count). The Morgan fingerprint density at radius 3 is 2.79 bits per heavy atom. The van der Waals surface area contributed by atoms with E-state index < -0.39 is 0 Å². The van der Waals surface area contributed by atoms with Crippen molar-refractivity contribution in [2.75, 3.05) is 27.3 Å². The Kier molecular flexibility index (Phi) is 6.18. The molecule has 0 unspecified atom stereocenters. The summed E-state index contributed by atoms with van der Waals surface area (Å²) in [5.74, 6) is 1.05. The number of H-pyrrole nitrogens is 1. The molecule has 1 aliphatic heterocycles. The molecular weight excluding hydrogens is 430 g/mol. The number of amides is 2. The number of aromatic nitrogens is 1. The summed E-state index contributed by atoms with van der Waals surface area (Å²) in [7, 11) is 3.22. The van der Waals surface area contributed by atoms with Crippen molar-refractivity contribution >= 4 is 22.7 Å². The number of aromatic amines is 1.